The number of carbonyl (C=O) groups is 2. The van der Waals surface area contributed by atoms with Gasteiger partial charge in [0, 0.05) is 12.6 Å². The first-order valence-corrected chi connectivity index (χ1v) is 14.6. The minimum Gasteiger partial charge on any atom is -0.495 e. The molecule has 0 spiro atoms. The number of hydrogen-bond donors (Lipinski definition) is 1. The van der Waals surface area contributed by atoms with Crippen LogP contribution in [0.25, 0.3) is 0 Å². The summed E-state index contributed by atoms with van der Waals surface area (Å²) in [4.78, 5) is 28.4. The van der Waals surface area contributed by atoms with Crippen molar-refractivity contribution >= 4 is 50.7 Å². The number of carbonyl (C=O) groups excluding carboxylic acids is 2. The Hall–Kier alpha value is -2.49. The Labute approximate surface area is 229 Å². The van der Waals surface area contributed by atoms with Gasteiger partial charge in [-0.2, -0.15) is 0 Å². The molecule has 0 saturated heterocycles. The predicted molar refractivity (Wildman–Crippen MR) is 149 cm³/mol. The van der Waals surface area contributed by atoms with Crippen LogP contribution in [-0.2, 0) is 26.2 Å². The maximum atomic E-state index is 13.8. The van der Waals surface area contributed by atoms with Crippen molar-refractivity contribution in [1.29, 1.82) is 0 Å². The third-order valence-electron chi connectivity index (χ3n) is 6.01. The van der Waals surface area contributed by atoms with Crippen molar-refractivity contribution in [2.24, 2.45) is 0 Å². The first-order valence-electron chi connectivity index (χ1n) is 12.0. The molecule has 0 aliphatic carbocycles. The molecule has 11 heteroatoms. The van der Waals surface area contributed by atoms with Gasteiger partial charge in [-0.3, -0.25) is 13.9 Å². The summed E-state index contributed by atoms with van der Waals surface area (Å²) in [5.74, 6) is -0.558. The van der Waals surface area contributed by atoms with Crippen LogP contribution in [0.5, 0.6) is 5.75 Å². The first-order chi connectivity index (χ1) is 17.3. The van der Waals surface area contributed by atoms with E-state index in [1.54, 1.807) is 43.3 Å². The molecule has 2 rings (SSSR count). The number of anilines is 1. The molecule has 0 aliphatic heterocycles. The largest absolute Gasteiger partial charge is 0.495 e. The van der Waals surface area contributed by atoms with Gasteiger partial charge in [0.05, 0.1) is 29.1 Å². The monoisotopic (exact) mass is 571 g/mol. The Balaban J connectivity index is 2.53. The van der Waals surface area contributed by atoms with E-state index >= 15 is 0 Å². The fraction of sp³-hybridized carbons (Fsp3) is 0.462. The number of nitrogens with zero attached hydrogens (tertiary/aromatic N) is 2. The Morgan fingerprint density at radius 3 is 2.27 bits per heavy atom. The summed E-state index contributed by atoms with van der Waals surface area (Å²) < 4.78 is 32.1. The zero-order chi connectivity index (χ0) is 27.9. The van der Waals surface area contributed by atoms with Gasteiger partial charge < -0.3 is 15.0 Å². The molecule has 0 unspecified atom stereocenters. The summed E-state index contributed by atoms with van der Waals surface area (Å²) in [5, 5.41) is 3.60. The summed E-state index contributed by atoms with van der Waals surface area (Å²) in [7, 11) is -2.46. The van der Waals surface area contributed by atoms with Crippen molar-refractivity contribution in [3.8, 4) is 5.75 Å². The molecular weight excluding hydrogens is 537 g/mol. The van der Waals surface area contributed by atoms with Gasteiger partial charge in [0.25, 0.3) is 0 Å². The molecule has 2 atom stereocenters. The number of rotatable bonds is 12. The minimum absolute atomic E-state index is 0.0324. The lowest BCUT2D eigenvalue weighted by atomic mass is 10.1. The Morgan fingerprint density at radius 1 is 1.05 bits per heavy atom. The summed E-state index contributed by atoms with van der Waals surface area (Å²) in [6.07, 6.45) is 2.07. The maximum absolute atomic E-state index is 13.8. The molecule has 0 aromatic heterocycles. The lowest BCUT2D eigenvalue weighted by molar-refractivity contribution is -0.140. The second-order valence-corrected chi connectivity index (χ2v) is 11.7. The van der Waals surface area contributed by atoms with Crippen LogP contribution in [-0.4, -0.2) is 57.1 Å². The van der Waals surface area contributed by atoms with Crippen molar-refractivity contribution in [2.75, 3.05) is 24.2 Å². The molecule has 0 bridgehead atoms. The van der Waals surface area contributed by atoms with Crippen LogP contribution < -0.4 is 14.4 Å². The van der Waals surface area contributed by atoms with E-state index in [-0.39, 0.29) is 24.2 Å². The third kappa shape index (κ3) is 8.25. The van der Waals surface area contributed by atoms with E-state index in [1.807, 2.05) is 20.8 Å². The molecule has 8 nitrogen and oxygen atoms in total. The Bertz CT molecular complexity index is 1220. The SMILES string of the molecule is CC[C@@H](C)NC(=O)[C@@H](CC)N(Cc1ccc(Cl)c(Cl)c1)C(=O)CN(c1cc(C)ccc1OC)S(C)(=O)=O. The highest BCUT2D eigenvalue weighted by atomic mass is 35.5. The van der Waals surface area contributed by atoms with Crippen LogP contribution >= 0.6 is 23.2 Å². The van der Waals surface area contributed by atoms with Crippen LogP contribution in [0.3, 0.4) is 0 Å². The number of halogens is 2. The molecule has 2 aromatic carbocycles. The number of ether oxygens (including phenoxy) is 1. The van der Waals surface area contributed by atoms with E-state index in [1.165, 1.54) is 12.0 Å². The molecule has 37 heavy (non-hydrogen) atoms. The minimum atomic E-state index is -3.89. The Kier molecular flexibility index (Phi) is 11.1. The molecule has 2 amide bonds. The summed E-state index contributed by atoms with van der Waals surface area (Å²) >= 11 is 12.3. The number of nitrogens with one attached hydrogen (secondary N) is 1. The molecule has 0 radical (unpaired) electrons. The molecule has 0 aliphatic rings. The van der Waals surface area contributed by atoms with Crippen molar-refractivity contribution in [2.45, 2.75) is 59.2 Å². The number of methoxy groups -OCH3 is 1. The van der Waals surface area contributed by atoms with Crippen molar-refractivity contribution in [3.05, 3.63) is 57.6 Å². The maximum Gasteiger partial charge on any atom is 0.244 e. The van der Waals surface area contributed by atoms with Crippen LogP contribution in [0.2, 0.25) is 10.0 Å². The molecule has 0 fully saturated rings. The highest BCUT2D eigenvalue weighted by Crippen LogP contribution is 2.31. The zero-order valence-corrected chi connectivity index (χ0v) is 24.4. The smallest absolute Gasteiger partial charge is 0.244 e. The summed E-state index contributed by atoms with van der Waals surface area (Å²) in [6, 6.07) is 9.10. The first kappa shape index (κ1) is 30.7. The van der Waals surface area contributed by atoms with E-state index in [0.717, 1.165) is 22.5 Å². The average molecular weight is 573 g/mol. The van der Waals surface area contributed by atoms with Crippen LogP contribution in [0.4, 0.5) is 5.69 Å². The standard InChI is InChI=1S/C26H35Cl2N3O5S/c1-7-18(4)29-26(33)22(8-2)30(15-19-10-11-20(27)21(28)14-19)25(32)16-31(37(6,34)35)23-13-17(3)9-12-24(23)36-5/h9-14,18,22H,7-8,15-16H2,1-6H3,(H,29,33)/t18-,22-/m1/s1. The normalized spacial score (nSPS) is 13.0. The van der Waals surface area contributed by atoms with Crippen LogP contribution in [0.15, 0.2) is 36.4 Å². The fourth-order valence-electron chi connectivity index (χ4n) is 3.78. The number of amides is 2. The van der Waals surface area contributed by atoms with E-state index in [2.05, 4.69) is 5.32 Å². The zero-order valence-electron chi connectivity index (χ0n) is 22.0. The van der Waals surface area contributed by atoms with E-state index in [4.69, 9.17) is 27.9 Å². The topological polar surface area (TPSA) is 96.0 Å². The predicted octanol–water partition coefficient (Wildman–Crippen LogP) is 4.80. The Morgan fingerprint density at radius 2 is 1.73 bits per heavy atom. The van der Waals surface area contributed by atoms with Gasteiger partial charge >= 0.3 is 0 Å². The molecule has 0 heterocycles. The van der Waals surface area contributed by atoms with Crippen molar-refractivity contribution in [3.63, 3.8) is 0 Å². The third-order valence-corrected chi connectivity index (χ3v) is 7.87. The molecule has 1 N–H and O–H groups in total. The molecule has 2 aromatic rings. The van der Waals surface area contributed by atoms with Crippen molar-refractivity contribution in [1.82, 2.24) is 10.2 Å². The van der Waals surface area contributed by atoms with E-state index < -0.39 is 28.5 Å². The van der Waals surface area contributed by atoms with Crippen LogP contribution in [0, 0.1) is 6.92 Å². The van der Waals surface area contributed by atoms with Gasteiger partial charge in [-0.15, -0.1) is 0 Å². The lowest BCUT2D eigenvalue weighted by Gasteiger charge is -2.33. The number of sulfonamides is 1. The van der Waals surface area contributed by atoms with Gasteiger partial charge in [0.2, 0.25) is 21.8 Å². The second-order valence-electron chi connectivity index (χ2n) is 8.96. The highest BCUT2D eigenvalue weighted by Gasteiger charge is 2.33. The highest BCUT2D eigenvalue weighted by molar-refractivity contribution is 7.92. The van der Waals surface area contributed by atoms with Gasteiger partial charge in [-0.05, 0) is 62.1 Å². The van der Waals surface area contributed by atoms with E-state index in [9.17, 15) is 18.0 Å². The van der Waals surface area contributed by atoms with Gasteiger partial charge in [-0.1, -0.05) is 49.2 Å². The summed E-state index contributed by atoms with van der Waals surface area (Å²) in [6.45, 7) is 6.95. The van der Waals surface area contributed by atoms with E-state index in [0.29, 0.717) is 27.8 Å². The number of benzene rings is 2. The van der Waals surface area contributed by atoms with Gasteiger partial charge in [-0.25, -0.2) is 8.42 Å². The second kappa shape index (κ2) is 13.3. The summed E-state index contributed by atoms with van der Waals surface area (Å²) in [5.41, 5.74) is 1.69. The average Bonchev–Trinajstić information content (AvgIpc) is 2.83. The quantitative estimate of drug-likeness (QED) is 0.394. The van der Waals surface area contributed by atoms with Crippen molar-refractivity contribution < 1.29 is 22.7 Å². The molecule has 0 saturated carbocycles. The van der Waals surface area contributed by atoms with Gasteiger partial charge in [0.1, 0.15) is 18.3 Å². The van der Waals surface area contributed by atoms with Crippen LogP contribution in [0.1, 0.15) is 44.7 Å². The molecular formula is C26H35Cl2N3O5S. The molecule has 204 valence electrons. The number of aryl methyl sites for hydroxylation is 1. The fourth-order valence-corrected chi connectivity index (χ4v) is 4.95. The van der Waals surface area contributed by atoms with Gasteiger partial charge in [0.15, 0.2) is 0 Å². The number of hydrogen-bond acceptors (Lipinski definition) is 5. The lowest BCUT2D eigenvalue weighted by Crippen LogP contribution is -2.53.